The molecule has 0 aliphatic rings. The molecule has 0 aliphatic carbocycles. The largest absolute Gasteiger partial charge is 0.205 e. The van der Waals surface area contributed by atoms with E-state index < -0.39 is 0 Å². The molecule has 1 heteroatoms. The van der Waals surface area contributed by atoms with Crippen molar-refractivity contribution >= 4 is 6.08 Å². The van der Waals surface area contributed by atoms with Crippen LogP contribution >= 0.6 is 0 Å². The van der Waals surface area contributed by atoms with E-state index in [1.807, 2.05) is 6.08 Å². The molecule has 0 saturated heterocycles. The van der Waals surface area contributed by atoms with Crippen LogP contribution in [0.4, 0.5) is 0 Å². The predicted molar refractivity (Wildman–Crippen MR) is 56.3 cm³/mol. The maximum absolute atomic E-state index is 3.65. The highest BCUT2D eigenvalue weighted by Crippen LogP contribution is 2.06. The van der Waals surface area contributed by atoms with Crippen molar-refractivity contribution in [3.63, 3.8) is 0 Å². The number of aryl methyl sites for hydroxylation is 2. The lowest BCUT2D eigenvalue weighted by atomic mass is 10.1. The lowest BCUT2D eigenvalue weighted by Crippen LogP contribution is -2.31. The van der Waals surface area contributed by atoms with E-state index in [-0.39, 0.29) is 0 Å². The molecular weight excluding hydrogens is 158 g/mol. The van der Waals surface area contributed by atoms with Gasteiger partial charge in [0.2, 0.25) is 0 Å². The Morgan fingerprint density at radius 1 is 1.54 bits per heavy atom. The van der Waals surface area contributed by atoms with Crippen LogP contribution in [-0.2, 0) is 6.54 Å². The molecular formula is C12H16N+. The first kappa shape index (κ1) is 9.72. The van der Waals surface area contributed by atoms with Crippen LogP contribution in [0.5, 0.6) is 0 Å². The van der Waals surface area contributed by atoms with E-state index in [4.69, 9.17) is 0 Å². The van der Waals surface area contributed by atoms with Crippen LogP contribution in [0.2, 0.25) is 0 Å². The number of aromatic nitrogens is 1. The van der Waals surface area contributed by atoms with Gasteiger partial charge in [-0.2, -0.15) is 0 Å². The van der Waals surface area contributed by atoms with Crippen molar-refractivity contribution in [2.45, 2.75) is 20.4 Å². The molecule has 0 unspecified atom stereocenters. The summed E-state index contributed by atoms with van der Waals surface area (Å²) in [5.41, 5.74) is 2.55. The molecule has 13 heavy (non-hydrogen) atoms. The van der Waals surface area contributed by atoms with Crippen molar-refractivity contribution in [2.75, 3.05) is 0 Å². The second-order valence-electron chi connectivity index (χ2n) is 3.01. The molecule has 0 aromatic carbocycles. The average molecular weight is 174 g/mol. The van der Waals surface area contributed by atoms with E-state index in [1.54, 1.807) is 6.08 Å². The summed E-state index contributed by atoms with van der Waals surface area (Å²) < 4.78 is 2.17. The fraction of sp³-hybridized carbons (Fsp3) is 0.250. The number of hydrogen-bond acceptors (Lipinski definition) is 0. The molecule has 1 aromatic heterocycles. The zero-order valence-electron chi connectivity index (χ0n) is 8.33. The summed E-state index contributed by atoms with van der Waals surface area (Å²) in [7, 11) is 0. The predicted octanol–water partition coefficient (Wildman–Crippen LogP) is 2.50. The van der Waals surface area contributed by atoms with Gasteiger partial charge in [0.15, 0.2) is 12.4 Å². The first-order chi connectivity index (χ1) is 6.27. The topological polar surface area (TPSA) is 3.88 Å². The van der Waals surface area contributed by atoms with Crippen molar-refractivity contribution in [3.05, 3.63) is 48.3 Å². The third-order valence-electron chi connectivity index (χ3n) is 2.04. The Hall–Kier alpha value is -1.37. The molecule has 1 aromatic rings. The third kappa shape index (κ3) is 2.55. The fourth-order valence-corrected chi connectivity index (χ4v) is 1.23. The Morgan fingerprint density at radius 2 is 2.31 bits per heavy atom. The van der Waals surface area contributed by atoms with Gasteiger partial charge >= 0.3 is 0 Å². The summed E-state index contributed by atoms with van der Waals surface area (Å²) in [6.07, 6.45) is 10.1. The maximum atomic E-state index is 3.65. The number of pyridine rings is 1. The Morgan fingerprint density at radius 3 is 2.85 bits per heavy atom. The summed E-state index contributed by atoms with van der Waals surface area (Å²) in [4.78, 5) is 0. The van der Waals surface area contributed by atoms with Crippen LogP contribution in [0.25, 0.3) is 6.08 Å². The molecule has 0 fully saturated rings. The molecule has 0 saturated carbocycles. The lowest BCUT2D eigenvalue weighted by Gasteiger charge is -1.97. The van der Waals surface area contributed by atoms with Gasteiger partial charge in [-0.3, -0.25) is 0 Å². The van der Waals surface area contributed by atoms with Gasteiger partial charge in [0.1, 0.15) is 6.54 Å². The number of allylic oxidation sites excluding steroid dienone is 2. The van der Waals surface area contributed by atoms with Gasteiger partial charge < -0.3 is 0 Å². The molecule has 0 bridgehead atoms. The van der Waals surface area contributed by atoms with Crippen LogP contribution in [0.15, 0.2) is 37.2 Å². The van der Waals surface area contributed by atoms with E-state index in [0.29, 0.717) is 0 Å². The molecule has 0 spiro atoms. The monoisotopic (exact) mass is 174 g/mol. The summed E-state index contributed by atoms with van der Waals surface area (Å²) in [6.45, 7) is 8.92. The van der Waals surface area contributed by atoms with Crippen LogP contribution in [-0.4, -0.2) is 0 Å². The van der Waals surface area contributed by atoms with Crippen molar-refractivity contribution in [2.24, 2.45) is 0 Å². The quantitative estimate of drug-likeness (QED) is 0.489. The Bertz CT molecular complexity index is 324. The van der Waals surface area contributed by atoms with Crippen molar-refractivity contribution in [1.82, 2.24) is 0 Å². The number of rotatable bonds is 3. The molecule has 0 atom stereocenters. The Kier molecular flexibility index (Phi) is 3.44. The minimum atomic E-state index is 1.02. The van der Waals surface area contributed by atoms with Crippen molar-refractivity contribution < 1.29 is 4.57 Å². The smallest absolute Gasteiger partial charge is 0.172 e. The maximum Gasteiger partial charge on any atom is 0.172 e. The van der Waals surface area contributed by atoms with Crippen LogP contribution in [0.3, 0.4) is 0 Å². The highest BCUT2D eigenvalue weighted by atomic mass is 14.9. The highest BCUT2D eigenvalue weighted by Gasteiger charge is 2.00. The molecule has 0 amide bonds. The van der Waals surface area contributed by atoms with Crippen LogP contribution in [0, 0.1) is 6.92 Å². The van der Waals surface area contributed by atoms with Crippen LogP contribution < -0.4 is 4.57 Å². The second kappa shape index (κ2) is 4.61. The second-order valence-corrected chi connectivity index (χ2v) is 3.01. The Labute approximate surface area is 80.0 Å². The lowest BCUT2D eigenvalue weighted by molar-refractivity contribution is -0.693. The molecule has 1 rings (SSSR count). The zero-order chi connectivity index (χ0) is 9.68. The van der Waals surface area contributed by atoms with E-state index in [9.17, 15) is 0 Å². The number of nitrogens with zero attached hydrogens (tertiary/aromatic N) is 1. The normalized spacial score (nSPS) is 10.6. The standard InChI is InChI=1S/C12H16N/c1-4-6-7-12-8-9-13(5-2)10-11(12)3/h4,6-10H,1,5H2,2-3H3/q+1. The minimum absolute atomic E-state index is 1.02. The molecule has 0 N–H and O–H groups in total. The highest BCUT2D eigenvalue weighted by molar-refractivity contribution is 5.53. The van der Waals surface area contributed by atoms with E-state index in [0.717, 1.165) is 6.54 Å². The van der Waals surface area contributed by atoms with E-state index >= 15 is 0 Å². The number of hydrogen-bond donors (Lipinski definition) is 0. The molecule has 0 radical (unpaired) electrons. The summed E-state index contributed by atoms with van der Waals surface area (Å²) in [5, 5.41) is 0. The molecule has 0 aliphatic heterocycles. The summed E-state index contributed by atoms with van der Waals surface area (Å²) in [6, 6.07) is 2.12. The van der Waals surface area contributed by atoms with Crippen LogP contribution in [0.1, 0.15) is 18.1 Å². The van der Waals surface area contributed by atoms with Gasteiger partial charge in [-0.15, -0.1) is 0 Å². The van der Waals surface area contributed by atoms with Gasteiger partial charge in [-0.25, -0.2) is 4.57 Å². The first-order valence-corrected chi connectivity index (χ1v) is 4.56. The SMILES string of the molecule is C=CC=Cc1cc[n+](CC)cc1C. The molecule has 68 valence electrons. The van der Waals surface area contributed by atoms with Gasteiger partial charge in [-0.05, 0) is 19.4 Å². The Balaban J connectivity index is 2.98. The van der Waals surface area contributed by atoms with Gasteiger partial charge in [0, 0.05) is 11.6 Å². The fourth-order valence-electron chi connectivity index (χ4n) is 1.23. The van der Waals surface area contributed by atoms with Crippen molar-refractivity contribution in [3.8, 4) is 0 Å². The first-order valence-electron chi connectivity index (χ1n) is 4.56. The minimum Gasteiger partial charge on any atom is -0.205 e. The molecule has 1 heterocycles. The van der Waals surface area contributed by atoms with Gasteiger partial charge in [0.05, 0.1) is 0 Å². The van der Waals surface area contributed by atoms with Gasteiger partial charge in [-0.1, -0.05) is 24.8 Å². The average Bonchev–Trinajstić information content (AvgIpc) is 2.16. The van der Waals surface area contributed by atoms with E-state index in [2.05, 4.69) is 49.5 Å². The third-order valence-corrected chi connectivity index (χ3v) is 2.04. The summed E-state index contributed by atoms with van der Waals surface area (Å²) in [5.74, 6) is 0. The molecule has 1 nitrogen and oxygen atoms in total. The van der Waals surface area contributed by atoms with Gasteiger partial charge in [0.25, 0.3) is 0 Å². The zero-order valence-corrected chi connectivity index (χ0v) is 8.33. The summed E-state index contributed by atoms with van der Waals surface area (Å²) >= 11 is 0. The van der Waals surface area contributed by atoms with Crippen molar-refractivity contribution in [1.29, 1.82) is 0 Å². The van der Waals surface area contributed by atoms with E-state index in [1.165, 1.54) is 11.1 Å².